The molecule has 0 radical (unpaired) electrons. The van der Waals surface area contributed by atoms with Gasteiger partial charge in [-0.2, -0.15) is 5.10 Å². The molecule has 0 aliphatic heterocycles. The van der Waals surface area contributed by atoms with Crippen LogP contribution >= 0.6 is 0 Å². The molecule has 3 aromatic carbocycles. The summed E-state index contributed by atoms with van der Waals surface area (Å²) >= 11 is 0. The van der Waals surface area contributed by atoms with Crippen molar-refractivity contribution in [1.82, 2.24) is 20.1 Å². The Labute approximate surface area is 257 Å². The lowest BCUT2D eigenvalue weighted by atomic mass is 9.87. The summed E-state index contributed by atoms with van der Waals surface area (Å²) < 4.78 is 1.97. The second-order valence-electron chi connectivity index (χ2n) is 12.2. The van der Waals surface area contributed by atoms with Crippen molar-refractivity contribution < 1.29 is 14.7 Å². The van der Waals surface area contributed by atoms with E-state index in [9.17, 15) is 14.7 Å². The average molecular weight is 590 g/mol. The van der Waals surface area contributed by atoms with Gasteiger partial charge in [0, 0.05) is 30.1 Å². The molecule has 8 heteroatoms. The van der Waals surface area contributed by atoms with Crippen molar-refractivity contribution in [3.63, 3.8) is 0 Å². The molecular weight excluding hydrogens is 550 g/mol. The molecular formula is C36H39N5O3. The van der Waals surface area contributed by atoms with E-state index >= 15 is 0 Å². The summed E-state index contributed by atoms with van der Waals surface area (Å²) in [6, 6.07) is 26.4. The molecule has 226 valence electrons. The Kier molecular flexibility index (Phi) is 9.09. The van der Waals surface area contributed by atoms with Gasteiger partial charge in [-0.1, -0.05) is 69.3 Å². The number of hydrogen-bond donors (Lipinski definition) is 3. The second-order valence-corrected chi connectivity index (χ2v) is 12.2. The first-order chi connectivity index (χ1) is 21.1. The van der Waals surface area contributed by atoms with Crippen LogP contribution in [0.4, 0.5) is 0 Å². The number of benzene rings is 3. The third kappa shape index (κ3) is 7.50. The molecule has 5 aromatic rings. The zero-order valence-corrected chi connectivity index (χ0v) is 25.5. The van der Waals surface area contributed by atoms with Gasteiger partial charge >= 0.3 is 0 Å². The molecule has 0 spiro atoms. The van der Waals surface area contributed by atoms with Gasteiger partial charge in [-0.05, 0) is 77.6 Å². The maximum absolute atomic E-state index is 12.7. The number of aryl methyl sites for hydroxylation is 1. The van der Waals surface area contributed by atoms with Crippen LogP contribution < -0.4 is 11.1 Å². The van der Waals surface area contributed by atoms with Crippen LogP contribution in [0.3, 0.4) is 0 Å². The van der Waals surface area contributed by atoms with E-state index in [0.717, 1.165) is 45.5 Å². The number of nitrogens with one attached hydrogen (secondary N) is 1. The standard InChI is InChI=1S/C36H39N5O3/c1-36(2,3)27-14-16-28(17-15-27)41-29(22-32(40-41)31-21-25-8-4-5-9-26(25)23-38-31)10-6-7-11-34(43)39-33(35(37)44)20-24-12-18-30(42)19-13-24/h4-5,8-9,12-19,21-23,33,42H,6-7,10-11,20H2,1-3H3,(H2,37,44)(H,39,43)/t33-/m0/s1. The van der Waals surface area contributed by atoms with Crippen molar-refractivity contribution in [2.24, 2.45) is 5.73 Å². The molecule has 2 amide bonds. The maximum atomic E-state index is 12.7. The Morgan fingerprint density at radius 1 is 0.909 bits per heavy atom. The monoisotopic (exact) mass is 589 g/mol. The van der Waals surface area contributed by atoms with Crippen molar-refractivity contribution in [2.45, 2.75) is 64.3 Å². The molecule has 8 nitrogen and oxygen atoms in total. The van der Waals surface area contributed by atoms with Crippen molar-refractivity contribution in [2.75, 3.05) is 0 Å². The van der Waals surface area contributed by atoms with Crippen LogP contribution in [0.2, 0.25) is 0 Å². The van der Waals surface area contributed by atoms with Crippen LogP contribution in [0.5, 0.6) is 5.75 Å². The van der Waals surface area contributed by atoms with Gasteiger partial charge in [-0.3, -0.25) is 14.6 Å². The van der Waals surface area contributed by atoms with Gasteiger partial charge in [0.2, 0.25) is 11.8 Å². The molecule has 0 aliphatic rings. The number of carbonyl (C=O) groups is 2. The normalized spacial score (nSPS) is 12.2. The quantitative estimate of drug-likeness (QED) is 0.163. The summed E-state index contributed by atoms with van der Waals surface area (Å²) in [5.74, 6) is -0.681. The van der Waals surface area contributed by atoms with E-state index in [1.165, 1.54) is 5.56 Å². The number of phenols is 1. The summed E-state index contributed by atoms with van der Waals surface area (Å²) in [7, 11) is 0. The first-order valence-electron chi connectivity index (χ1n) is 15.0. The zero-order valence-electron chi connectivity index (χ0n) is 25.5. The highest BCUT2D eigenvalue weighted by Gasteiger charge is 2.19. The third-order valence-corrected chi connectivity index (χ3v) is 7.80. The molecule has 44 heavy (non-hydrogen) atoms. The lowest BCUT2D eigenvalue weighted by Crippen LogP contribution is -2.45. The molecule has 0 fully saturated rings. The lowest BCUT2D eigenvalue weighted by molar-refractivity contribution is -0.127. The highest BCUT2D eigenvalue weighted by molar-refractivity contribution is 5.87. The van der Waals surface area contributed by atoms with Crippen molar-refractivity contribution in [1.29, 1.82) is 0 Å². The summed E-state index contributed by atoms with van der Waals surface area (Å²) in [5, 5.41) is 19.4. The first kappa shape index (κ1) is 30.5. The number of phenolic OH excluding ortho intramolecular Hbond substituents is 1. The average Bonchev–Trinajstić information content (AvgIpc) is 3.43. The summed E-state index contributed by atoms with van der Waals surface area (Å²) in [4.78, 5) is 29.4. The number of pyridine rings is 1. The predicted octanol–water partition coefficient (Wildman–Crippen LogP) is 6.02. The maximum Gasteiger partial charge on any atom is 0.240 e. The minimum atomic E-state index is -0.818. The summed E-state index contributed by atoms with van der Waals surface area (Å²) in [5.41, 5.74) is 11.2. The van der Waals surface area contributed by atoms with Crippen LogP contribution in [0, 0.1) is 0 Å². The van der Waals surface area contributed by atoms with Crippen LogP contribution in [0.1, 0.15) is 56.9 Å². The Bertz CT molecular complexity index is 1750. The number of unbranched alkanes of at least 4 members (excludes halogenated alkanes) is 1. The van der Waals surface area contributed by atoms with Gasteiger partial charge in [0.1, 0.15) is 17.5 Å². The van der Waals surface area contributed by atoms with Crippen molar-refractivity contribution >= 4 is 22.6 Å². The van der Waals surface area contributed by atoms with E-state index in [0.29, 0.717) is 12.8 Å². The van der Waals surface area contributed by atoms with E-state index in [1.54, 1.807) is 24.3 Å². The molecule has 0 aliphatic carbocycles. The zero-order chi connectivity index (χ0) is 31.3. The molecule has 2 aromatic heterocycles. The molecule has 0 saturated heterocycles. The number of amides is 2. The van der Waals surface area contributed by atoms with Gasteiger partial charge in [-0.25, -0.2) is 4.68 Å². The minimum absolute atomic E-state index is 0.0454. The fraction of sp³-hybridized carbons (Fsp3) is 0.278. The van der Waals surface area contributed by atoms with Crippen LogP contribution in [0.15, 0.2) is 91.1 Å². The Morgan fingerprint density at radius 2 is 1.61 bits per heavy atom. The Morgan fingerprint density at radius 3 is 2.30 bits per heavy atom. The van der Waals surface area contributed by atoms with Crippen LogP contribution in [0.25, 0.3) is 27.8 Å². The smallest absolute Gasteiger partial charge is 0.240 e. The number of carbonyl (C=O) groups excluding carboxylic acids is 2. The van der Waals surface area contributed by atoms with Gasteiger partial charge in [0.15, 0.2) is 0 Å². The first-order valence-corrected chi connectivity index (χ1v) is 15.0. The highest BCUT2D eigenvalue weighted by atomic mass is 16.3. The highest BCUT2D eigenvalue weighted by Crippen LogP contribution is 2.27. The number of hydrogen-bond acceptors (Lipinski definition) is 5. The molecule has 0 unspecified atom stereocenters. The van der Waals surface area contributed by atoms with Gasteiger partial charge < -0.3 is 16.2 Å². The van der Waals surface area contributed by atoms with Crippen LogP contribution in [-0.4, -0.2) is 37.7 Å². The molecule has 0 saturated carbocycles. The third-order valence-electron chi connectivity index (χ3n) is 7.80. The van der Waals surface area contributed by atoms with Gasteiger partial charge in [0.25, 0.3) is 0 Å². The SMILES string of the molecule is CC(C)(C)c1ccc(-n2nc(-c3cc4ccccc4cn3)cc2CCCCC(=O)N[C@@H](Cc2ccc(O)cc2)C(N)=O)cc1. The lowest BCUT2D eigenvalue weighted by Gasteiger charge is -2.19. The topological polar surface area (TPSA) is 123 Å². The number of primary amides is 1. The number of fused-ring (bicyclic) bond motifs is 1. The van der Waals surface area contributed by atoms with Crippen molar-refractivity contribution in [3.8, 4) is 22.8 Å². The fourth-order valence-electron chi connectivity index (χ4n) is 5.22. The molecule has 2 heterocycles. The molecule has 1 atom stereocenters. The fourth-order valence-corrected chi connectivity index (χ4v) is 5.22. The van der Waals surface area contributed by atoms with E-state index < -0.39 is 11.9 Å². The van der Waals surface area contributed by atoms with E-state index in [1.807, 2.05) is 29.1 Å². The molecule has 5 rings (SSSR count). The number of aromatic hydroxyl groups is 1. The molecule has 4 N–H and O–H groups in total. The summed E-state index contributed by atoms with van der Waals surface area (Å²) in [6.45, 7) is 6.58. The number of nitrogens with zero attached hydrogens (tertiary/aromatic N) is 3. The predicted molar refractivity (Wildman–Crippen MR) is 173 cm³/mol. The molecule has 0 bridgehead atoms. The minimum Gasteiger partial charge on any atom is -0.508 e. The Hall–Kier alpha value is -4.98. The Balaban J connectivity index is 1.28. The number of rotatable bonds is 11. The van der Waals surface area contributed by atoms with E-state index in [-0.39, 0.29) is 29.9 Å². The second kappa shape index (κ2) is 13.1. The van der Waals surface area contributed by atoms with Crippen LogP contribution in [-0.2, 0) is 27.8 Å². The van der Waals surface area contributed by atoms with E-state index in [2.05, 4.69) is 73.5 Å². The van der Waals surface area contributed by atoms with Gasteiger partial charge in [0.05, 0.1) is 11.4 Å². The van der Waals surface area contributed by atoms with Crippen molar-refractivity contribution in [3.05, 3.63) is 108 Å². The van der Waals surface area contributed by atoms with E-state index in [4.69, 9.17) is 10.8 Å². The number of aromatic nitrogens is 3. The largest absolute Gasteiger partial charge is 0.508 e. The number of nitrogens with two attached hydrogens (primary N) is 1. The van der Waals surface area contributed by atoms with Gasteiger partial charge in [-0.15, -0.1) is 0 Å². The summed E-state index contributed by atoms with van der Waals surface area (Å²) in [6.07, 6.45) is 4.51.